The Labute approximate surface area is 160 Å². The molecule has 0 heterocycles. The molecule has 0 radical (unpaired) electrons. The van der Waals surface area contributed by atoms with E-state index in [1.807, 2.05) is 6.92 Å². The van der Waals surface area contributed by atoms with E-state index in [-0.39, 0.29) is 11.8 Å². The minimum Gasteiger partial charge on any atom is -0.481 e. The van der Waals surface area contributed by atoms with E-state index in [9.17, 15) is 14.7 Å². The van der Waals surface area contributed by atoms with Gasteiger partial charge in [-0.2, -0.15) is 0 Å². The molecular formula is C22H40O4. The van der Waals surface area contributed by atoms with Crippen LogP contribution in [0.5, 0.6) is 0 Å². The lowest BCUT2D eigenvalue weighted by Gasteiger charge is -2.11. The molecule has 2 atom stereocenters. The molecule has 0 aliphatic heterocycles. The molecular weight excluding hydrogens is 328 g/mol. The van der Waals surface area contributed by atoms with Gasteiger partial charge in [-0.1, -0.05) is 70.9 Å². The average Bonchev–Trinajstić information content (AvgIpc) is 2.60. The topological polar surface area (TPSA) is 74.6 Å². The number of aliphatic carboxylic acids is 2. The van der Waals surface area contributed by atoms with E-state index in [1.54, 1.807) is 0 Å². The standard InChI is InChI=1S/C22H40O4/c1-3-5-6-12-17-20(22(25)26)18-14-11-9-7-8-10-13-16-19(15-4-2)21(23)24/h8,10,19-20H,3-7,9,11-18H2,1-2H3,(H,23,24)(H,25,26). The molecule has 4 nitrogen and oxygen atoms in total. The van der Waals surface area contributed by atoms with Crippen LogP contribution in [0.1, 0.15) is 104 Å². The smallest absolute Gasteiger partial charge is 0.306 e. The second-order valence-electron chi connectivity index (χ2n) is 7.40. The van der Waals surface area contributed by atoms with Crippen molar-refractivity contribution in [3.63, 3.8) is 0 Å². The van der Waals surface area contributed by atoms with E-state index in [4.69, 9.17) is 5.11 Å². The summed E-state index contributed by atoms with van der Waals surface area (Å²) in [6.07, 6.45) is 17.8. The largest absolute Gasteiger partial charge is 0.481 e. The van der Waals surface area contributed by atoms with E-state index in [0.717, 1.165) is 77.0 Å². The second-order valence-corrected chi connectivity index (χ2v) is 7.40. The van der Waals surface area contributed by atoms with E-state index in [1.165, 1.54) is 12.8 Å². The van der Waals surface area contributed by atoms with Gasteiger partial charge < -0.3 is 10.2 Å². The molecule has 26 heavy (non-hydrogen) atoms. The molecule has 0 bridgehead atoms. The molecule has 2 N–H and O–H groups in total. The Morgan fingerprint density at radius 2 is 1.19 bits per heavy atom. The molecule has 0 rings (SSSR count). The van der Waals surface area contributed by atoms with Crippen LogP contribution in [0, 0.1) is 11.8 Å². The quantitative estimate of drug-likeness (QED) is 0.215. The van der Waals surface area contributed by atoms with Crippen LogP contribution in [0.2, 0.25) is 0 Å². The first-order valence-electron chi connectivity index (χ1n) is 10.6. The first-order valence-corrected chi connectivity index (χ1v) is 10.6. The molecule has 152 valence electrons. The van der Waals surface area contributed by atoms with Crippen LogP contribution < -0.4 is 0 Å². The third-order valence-corrected chi connectivity index (χ3v) is 5.01. The maximum atomic E-state index is 11.3. The van der Waals surface area contributed by atoms with E-state index < -0.39 is 11.9 Å². The van der Waals surface area contributed by atoms with Crippen molar-refractivity contribution < 1.29 is 19.8 Å². The van der Waals surface area contributed by atoms with Crippen LogP contribution in [-0.2, 0) is 9.59 Å². The third kappa shape index (κ3) is 13.9. The zero-order chi connectivity index (χ0) is 19.6. The van der Waals surface area contributed by atoms with Crippen LogP contribution >= 0.6 is 0 Å². The van der Waals surface area contributed by atoms with Crippen LogP contribution in [-0.4, -0.2) is 22.2 Å². The number of carboxylic acid groups (broad SMARTS) is 2. The van der Waals surface area contributed by atoms with Crippen LogP contribution in [0.4, 0.5) is 0 Å². The zero-order valence-corrected chi connectivity index (χ0v) is 16.9. The first-order chi connectivity index (χ1) is 12.5. The molecule has 0 aromatic rings. The molecule has 0 aliphatic carbocycles. The first kappa shape index (κ1) is 24.7. The number of hydrogen-bond donors (Lipinski definition) is 2. The monoisotopic (exact) mass is 368 g/mol. The van der Waals surface area contributed by atoms with Gasteiger partial charge >= 0.3 is 11.9 Å². The number of carboxylic acids is 2. The fourth-order valence-corrected chi connectivity index (χ4v) is 3.31. The van der Waals surface area contributed by atoms with Gasteiger partial charge in [-0.25, -0.2) is 0 Å². The van der Waals surface area contributed by atoms with E-state index in [0.29, 0.717) is 0 Å². The maximum absolute atomic E-state index is 11.3. The number of rotatable bonds is 18. The Hall–Kier alpha value is -1.32. The summed E-state index contributed by atoms with van der Waals surface area (Å²) in [6, 6.07) is 0. The predicted molar refractivity (Wildman–Crippen MR) is 107 cm³/mol. The molecule has 0 aliphatic rings. The molecule has 0 saturated carbocycles. The maximum Gasteiger partial charge on any atom is 0.306 e. The Kier molecular flexibility index (Phi) is 16.2. The molecule has 0 spiro atoms. The molecule has 2 unspecified atom stereocenters. The lowest BCUT2D eigenvalue weighted by molar-refractivity contribution is -0.143. The van der Waals surface area contributed by atoms with Crippen LogP contribution in [0.25, 0.3) is 0 Å². The van der Waals surface area contributed by atoms with Crippen molar-refractivity contribution in [2.75, 3.05) is 0 Å². The third-order valence-electron chi connectivity index (χ3n) is 5.01. The van der Waals surface area contributed by atoms with Crippen molar-refractivity contribution >= 4 is 11.9 Å². The number of allylic oxidation sites excluding steroid dienone is 2. The van der Waals surface area contributed by atoms with Gasteiger partial charge in [0.15, 0.2) is 0 Å². The molecule has 0 aromatic carbocycles. The fraction of sp³-hybridized carbons (Fsp3) is 0.818. The molecule has 0 aromatic heterocycles. The van der Waals surface area contributed by atoms with Gasteiger partial charge in [0.05, 0.1) is 11.8 Å². The highest BCUT2D eigenvalue weighted by atomic mass is 16.4. The van der Waals surface area contributed by atoms with Gasteiger partial charge in [-0.3, -0.25) is 9.59 Å². The van der Waals surface area contributed by atoms with Crippen molar-refractivity contribution in [1.82, 2.24) is 0 Å². The van der Waals surface area contributed by atoms with Gasteiger partial charge in [0, 0.05) is 0 Å². The zero-order valence-electron chi connectivity index (χ0n) is 16.9. The van der Waals surface area contributed by atoms with Crippen molar-refractivity contribution in [2.45, 2.75) is 104 Å². The summed E-state index contributed by atoms with van der Waals surface area (Å²) < 4.78 is 0. The van der Waals surface area contributed by atoms with Crippen molar-refractivity contribution in [3.05, 3.63) is 12.2 Å². The highest BCUT2D eigenvalue weighted by Gasteiger charge is 2.16. The molecule has 0 amide bonds. The van der Waals surface area contributed by atoms with Gasteiger partial charge in [0.2, 0.25) is 0 Å². The van der Waals surface area contributed by atoms with Crippen LogP contribution in [0.15, 0.2) is 12.2 Å². The molecule has 4 heteroatoms. The number of unbranched alkanes of at least 4 members (excludes halogenated alkanes) is 6. The highest BCUT2D eigenvalue weighted by Crippen LogP contribution is 2.19. The minimum absolute atomic E-state index is 0.172. The Balaban J connectivity index is 3.74. The van der Waals surface area contributed by atoms with Gasteiger partial charge in [0.1, 0.15) is 0 Å². The normalized spacial score (nSPS) is 13.8. The van der Waals surface area contributed by atoms with Crippen molar-refractivity contribution in [1.29, 1.82) is 0 Å². The summed E-state index contributed by atoms with van der Waals surface area (Å²) in [5.41, 5.74) is 0. The Morgan fingerprint density at radius 3 is 1.73 bits per heavy atom. The predicted octanol–water partition coefficient (Wildman–Crippen LogP) is 6.45. The second kappa shape index (κ2) is 17.1. The molecule has 0 saturated heterocycles. The van der Waals surface area contributed by atoms with E-state index in [2.05, 4.69) is 19.1 Å². The van der Waals surface area contributed by atoms with Crippen molar-refractivity contribution in [2.24, 2.45) is 11.8 Å². The SMILES string of the molecule is CCCCCCC(CCCCCC=CCCC(CCC)C(=O)O)C(=O)O. The lowest BCUT2D eigenvalue weighted by Crippen LogP contribution is -2.13. The summed E-state index contributed by atoms with van der Waals surface area (Å²) in [7, 11) is 0. The van der Waals surface area contributed by atoms with Crippen LogP contribution in [0.3, 0.4) is 0 Å². The summed E-state index contributed by atoms with van der Waals surface area (Å²) in [4.78, 5) is 22.4. The average molecular weight is 369 g/mol. The summed E-state index contributed by atoms with van der Waals surface area (Å²) in [5, 5.41) is 18.4. The summed E-state index contributed by atoms with van der Waals surface area (Å²) >= 11 is 0. The van der Waals surface area contributed by atoms with Gasteiger partial charge in [-0.05, 0) is 44.9 Å². The number of hydrogen-bond acceptors (Lipinski definition) is 2. The van der Waals surface area contributed by atoms with Gasteiger partial charge in [-0.15, -0.1) is 0 Å². The summed E-state index contributed by atoms with van der Waals surface area (Å²) in [6.45, 7) is 4.19. The fourth-order valence-electron chi connectivity index (χ4n) is 3.31. The minimum atomic E-state index is -0.678. The molecule has 0 fully saturated rings. The van der Waals surface area contributed by atoms with Gasteiger partial charge in [0.25, 0.3) is 0 Å². The van der Waals surface area contributed by atoms with E-state index >= 15 is 0 Å². The Bertz CT molecular complexity index is 390. The number of carbonyl (C=O) groups is 2. The lowest BCUT2D eigenvalue weighted by atomic mass is 9.94. The summed E-state index contributed by atoms with van der Waals surface area (Å²) in [5.74, 6) is -1.70. The Morgan fingerprint density at radius 1 is 0.654 bits per heavy atom. The van der Waals surface area contributed by atoms with Crippen molar-refractivity contribution in [3.8, 4) is 0 Å². The highest BCUT2D eigenvalue weighted by molar-refractivity contribution is 5.70.